The molecule has 0 radical (unpaired) electrons. The van der Waals surface area contributed by atoms with Gasteiger partial charge in [0.05, 0.1) is 6.61 Å². The van der Waals surface area contributed by atoms with E-state index in [0.717, 1.165) is 28.5 Å². The molecule has 2 aromatic carbocycles. The minimum absolute atomic E-state index is 0.0898. The molecule has 0 spiro atoms. The van der Waals surface area contributed by atoms with Gasteiger partial charge in [0, 0.05) is 17.2 Å². The number of phenolic OH excluding ortho intramolecular Hbond substituents is 1. The number of phenols is 1. The number of benzene rings is 2. The van der Waals surface area contributed by atoms with E-state index in [1.807, 2.05) is 33.8 Å². The van der Waals surface area contributed by atoms with Crippen molar-refractivity contribution in [1.82, 2.24) is 0 Å². The van der Waals surface area contributed by atoms with Crippen molar-refractivity contribution < 1.29 is 24.5 Å². The van der Waals surface area contributed by atoms with Gasteiger partial charge in [-0.15, -0.1) is 0 Å². The van der Waals surface area contributed by atoms with E-state index in [1.54, 1.807) is 30.3 Å². The summed E-state index contributed by atoms with van der Waals surface area (Å²) >= 11 is 0. The highest BCUT2D eigenvalue weighted by Crippen LogP contribution is 2.28. The molecule has 0 atom stereocenters. The second kappa shape index (κ2) is 9.96. The third-order valence-corrected chi connectivity index (χ3v) is 4.90. The fourth-order valence-electron chi connectivity index (χ4n) is 2.89. The number of carbonyl (C=O) groups excluding carboxylic acids is 1. The van der Waals surface area contributed by atoms with Gasteiger partial charge in [-0.25, -0.2) is 4.79 Å². The van der Waals surface area contributed by atoms with Crippen molar-refractivity contribution in [2.45, 2.75) is 40.5 Å². The zero-order valence-corrected chi connectivity index (χ0v) is 17.9. The highest BCUT2D eigenvalue weighted by atomic mass is 16.5. The van der Waals surface area contributed by atoms with Crippen molar-refractivity contribution in [1.29, 1.82) is 0 Å². The number of nitrogens with one attached hydrogen (secondary N) is 1. The quantitative estimate of drug-likeness (QED) is 0.402. The first kappa shape index (κ1) is 23.0. The first-order valence-electron chi connectivity index (χ1n) is 9.84. The van der Waals surface area contributed by atoms with E-state index in [4.69, 9.17) is 9.84 Å². The molecule has 0 aliphatic heterocycles. The molecule has 6 heteroatoms. The Balaban J connectivity index is 1.85. The molecule has 0 fully saturated rings. The van der Waals surface area contributed by atoms with Crippen LogP contribution in [0.15, 0.2) is 42.5 Å². The van der Waals surface area contributed by atoms with Gasteiger partial charge in [-0.2, -0.15) is 0 Å². The molecule has 160 valence electrons. The lowest BCUT2D eigenvalue weighted by Gasteiger charge is -2.23. The molecular formula is C24H29NO5. The predicted molar refractivity (Wildman–Crippen MR) is 118 cm³/mol. The molecule has 1 amide bonds. The Hall–Kier alpha value is -3.28. The fraction of sp³-hybridized carbons (Fsp3) is 0.333. The van der Waals surface area contributed by atoms with Crippen LogP contribution in [0.1, 0.15) is 43.4 Å². The van der Waals surface area contributed by atoms with Crippen LogP contribution in [0.2, 0.25) is 0 Å². The Kier molecular flexibility index (Phi) is 7.64. The van der Waals surface area contributed by atoms with Gasteiger partial charge >= 0.3 is 5.97 Å². The van der Waals surface area contributed by atoms with E-state index in [1.165, 1.54) is 6.08 Å². The normalized spacial score (nSPS) is 11.5. The number of rotatable bonds is 9. The van der Waals surface area contributed by atoms with Gasteiger partial charge in [-0.1, -0.05) is 26.0 Å². The number of aromatic hydroxyl groups is 1. The van der Waals surface area contributed by atoms with Gasteiger partial charge in [-0.05, 0) is 73.7 Å². The zero-order chi connectivity index (χ0) is 22.3. The highest BCUT2D eigenvalue weighted by Gasteiger charge is 2.27. The molecule has 0 unspecified atom stereocenters. The molecule has 0 saturated carbocycles. The second-order valence-electron chi connectivity index (χ2n) is 7.99. The van der Waals surface area contributed by atoms with E-state index < -0.39 is 11.4 Å². The van der Waals surface area contributed by atoms with Gasteiger partial charge < -0.3 is 20.3 Å². The van der Waals surface area contributed by atoms with Crippen LogP contribution in [0.5, 0.6) is 11.5 Å². The number of hydrogen-bond acceptors (Lipinski definition) is 4. The SMILES string of the molecule is Cc1cc(OCCCC(C)(C)C(=O)Nc2ccc(C=CC(=O)O)cc2)c(C)cc1O. The van der Waals surface area contributed by atoms with E-state index in [2.05, 4.69) is 5.32 Å². The molecule has 0 bridgehead atoms. The number of hydrogen-bond donors (Lipinski definition) is 3. The van der Waals surface area contributed by atoms with E-state index in [-0.39, 0.29) is 11.7 Å². The fourth-order valence-corrected chi connectivity index (χ4v) is 2.89. The van der Waals surface area contributed by atoms with Crippen LogP contribution < -0.4 is 10.1 Å². The summed E-state index contributed by atoms with van der Waals surface area (Å²) in [5.41, 5.74) is 2.46. The third kappa shape index (κ3) is 6.65. The number of carbonyl (C=O) groups is 2. The summed E-state index contributed by atoms with van der Waals surface area (Å²) in [6.45, 7) is 7.97. The number of ether oxygens (including phenoxy) is 1. The first-order valence-corrected chi connectivity index (χ1v) is 9.84. The van der Waals surface area contributed by atoms with Crippen molar-refractivity contribution in [3.05, 3.63) is 59.2 Å². The average molecular weight is 411 g/mol. The Labute approximate surface area is 177 Å². The van der Waals surface area contributed by atoms with Crippen LogP contribution in [0.3, 0.4) is 0 Å². The average Bonchev–Trinajstić information content (AvgIpc) is 2.68. The maximum Gasteiger partial charge on any atom is 0.328 e. The van der Waals surface area contributed by atoms with Gasteiger partial charge in [0.15, 0.2) is 0 Å². The van der Waals surface area contributed by atoms with Crippen LogP contribution in [0.25, 0.3) is 6.08 Å². The summed E-state index contributed by atoms with van der Waals surface area (Å²) in [6.07, 6.45) is 3.92. The number of amides is 1. The van der Waals surface area contributed by atoms with Gasteiger partial charge in [-0.3, -0.25) is 4.79 Å². The lowest BCUT2D eigenvalue weighted by atomic mass is 9.87. The van der Waals surface area contributed by atoms with Gasteiger partial charge in [0.25, 0.3) is 0 Å². The van der Waals surface area contributed by atoms with Crippen molar-refractivity contribution >= 4 is 23.6 Å². The largest absolute Gasteiger partial charge is 0.508 e. The van der Waals surface area contributed by atoms with Crippen molar-refractivity contribution in [3.63, 3.8) is 0 Å². The Morgan fingerprint density at radius 1 is 1.10 bits per heavy atom. The molecule has 2 rings (SSSR count). The van der Waals surface area contributed by atoms with E-state index >= 15 is 0 Å². The highest BCUT2D eigenvalue weighted by molar-refractivity contribution is 5.95. The maximum atomic E-state index is 12.7. The lowest BCUT2D eigenvalue weighted by Crippen LogP contribution is -2.31. The van der Waals surface area contributed by atoms with E-state index in [0.29, 0.717) is 25.1 Å². The smallest absolute Gasteiger partial charge is 0.328 e. The van der Waals surface area contributed by atoms with Crippen molar-refractivity contribution in [2.24, 2.45) is 5.41 Å². The molecule has 6 nitrogen and oxygen atoms in total. The molecule has 0 saturated heterocycles. The number of aryl methyl sites for hydroxylation is 2. The zero-order valence-electron chi connectivity index (χ0n) is 17.9. The third-order valence-electron chi connectivity index (χ3n) is 4.90. The summed E-state index contributed by atoms with van der Waals surface area (Å²) in [4.78, 5) is 23.2. The number of aliphatic carboxylic acids is 1. The molecule has 0 aromatic heterocycles. The van der Waals surface area contributed by atoms with Crippen LogP contribution in [-0.2, 0) is 9.59 Å². The van der Waals surface area contributed by atoms with Gasteiger partial charge in [0.2, 0.25) is 5.91 Å². The second-order valence-corrected chi connectivity index (χ2v) is 7.99. The summed E-state index contributed by atoms with van der Waals surface area (Å²) in [7, 11) is 0. The number of anilines is 1. The van der Waals surface area contributed by atoms with Crippen molar-refractivity contribution in [3.8, 4) is 11.5 Å². The standard InChI is InChI=1S/C24H29NO5/c1-16-15-21(17(2)14-20(16)26)30-13-5-12-24(3,4)23(29)25-19-9-6-18(7-10-19)8-11-22(27)28/h6-11,14-15,26H,5,12-13H2,1-4H3,(H,25,29)(H,27,28). The molecule has 0 heterocycles. The molecule has 30 heavy (non-hydrogen) atoms. The molecule has 0 aliphatic carbocycles. The van der Waals surface area contributed by atoms with Crippen LogP contribution in [0, 0.1) is 19.3 Å². The topological polar surface area (TPSA) is 95.9 Å². The Bertz CT molecular complexity index is 929. The van der Waals surface area contributed by atoms with Crippen LogP contribution >= 0.6 is 0 Å². The number of carboxylic acids is 1. The lowest BCUT2D eigenvalue weighted by molar-refractivity contribution is -0.131. The molecule has 0 aliphatic rings. The Morgan fingerprint density at radius 3 is 2.40 bits per heavy atom. The summed E-state index contributed by atoms with van der Waals surface area (Å²) in [5, 5.41) is 21.3. The Morgan fingerprint density at radius 2 is 1.77 bits per heavy atom. The van der Waals surface area contributed by atoms with Crippen LogP contribution in [-0.4, -0.2) is 28.7 Å². The van der Waals surface area contributed by atoms with Gasteiger partial charge in [0.1, 0.15) is 11.5 Å². The first-order chi connectivity index (χ1) is 14.1. The summed E-state index contributed by atoms with van der Waals surface area (Å²) < 4.78 is 5.83. The maximum absolute atomic E-state index is 12.7. The molecular weight excluding hydrogens is 382 g/mol. The molecule has 3 N–H and O–H groups in total. The number of carboxylic acid groups (broad SMARTS) is 1. The van der Waals surface area contributed by atoms with Crippen LogP contribution in [0.4, 0.5) is 5.69 Å². The predicted octanol–water partition coefficient (Wildman–Crippen LogP) is 4.93. The molecule has 2 aromatic rings. The minimum atomic E-state index is -1.01. The summed E-state index contributed by atoms with van der Waals surface area (Å²) in [6, 6.07) is 10.5. The van der Waals surface area contributed by atoms with Crippen molar-refractivity contribution in [2.75, 3.05) is 11.9 Å². The monoisotopic (exact) mass is 411 g/mol. The minimum Gasteiger partial charge on any atom is -0.508 e. The van der Waals surface area contributed by atoms with E-state index in [9.17, 15) is 14.7 Å². The summed E-state index contributed by atoms with van der Waals surface area (Å²) in [5.74, 6) is -0.102.